The van der Waals surface area contributed by atoms with E-state index in [-0.39, 0.29) is 18.4 Å². The minimum absolute atomic E-state index is 0.183. The highest BCUT2D eigenvalue weighted by atomic mass is 16.5. The van der Waals surface area contributed by atoms with E-state index in [1.807, 2.05) is 29.2 Å². The largest absolute Gasteiger partial charge is 0.497 e. The lowest BCUT2D eigenvalue weighted by Gasteiger charge is -2.32. The zero-order valence-corrected chi connectivity index (χ0v) is 12.9. The topological polar surface area (TPSA) is 49.8 Å². The maximum absolute atomic E-state index is 12.4. The quantitative estimate of drug-likeness (QED) is 0.906. The lowest BCUT2D eigenvalue weighted by atomic mass is 9.94. The van der Waals surface area contributed by atoms with Crippen molar-refractivity contribution in [2.24, 2.45) is 5.92 Å². The molecule has 21 heavy (non-hydrogen) atoms. The number of likely N-dealkylation sites (tertiary alicyclic amines) is 1. The molecular weight excluding hydrogens is 266 g/mol. The van der Waals surface area contributed by atoms with Crippen molar-refractivity contribution < 1.29 is 14.6 Å². The summed E-state index contributed by atoms with van der Waals surface area (Å²) in [5.74, 6) is 1.59. The number of methoxy groups -OCH3 is 1. The van der Waals surface area contributed by atoms with Gasteiger partial charge in [-0.15, -0.1) is 0 Å². The Morgan fingerprint density at radius 1 is 1.43 bits per heavy atom. The molecule has 0 bridgehead atoms. The molecule has 1 atom stereocenters. The Labute approximate surface area is 126 Å². The number of rotatable bonds is 5. The van der Waals surface area contributed by atoms with Gasteiger partial charge in [-0.05, 0) is 42.4 Å². The van der Waals surface area contributed by atoms with Crippen LogP contribution in [0.5, 0.6) is 5.75 Å². The normalized spacial score (nSPS) is 17.6. The number of benzene rings is 1. The number of nitrogens with zero attached hydrogens (tertiary/aromatic N) is 1. The van der Waals surface area contributed by atoms with Crippen LogP contribution in [-0.4, -0.2) is 42.7 Å². The van der Waals surface area contributed by atoms with Crippen molar-refractivity contribution in [3.8, 4) is 5.75 Å². The molecule has 0 aromatic heterocycles. The lowest BCUT2D eigenvalue weighted by molar-refractivity contribution is -0.133. The summed E-state index contributed by atoms with van der Waals surface area (Å²) >= 11 is 0. The summed E-state index contributed by atoms with van der Waals surface area (Å²) < 4.78 is 5.23. The molecule has 1 aliphatic heterocycles. The molecule has 0 saturated carbocycles. The number of hydrogen-bond acceptors (Lipinski definition) is 3. The minimum Gasteiger partial charge on any atom is -0.497 e. The summed E-state index contributed by atoms with van der Waals surface area (Å²) in [5.41, 5.74) is 1.13. The average molecular weight is 291 g/mol. The molecule has 1 aromatic carbocycles. The van der Waals surface area contributed by atoms with Crippen LogP contribution in [0.15, 0.2) is 24.3 Å². The highest BCUT2D eigenvalue weighted by molar-refractivity contribution is 5.77. The van der Waals surface area contributed by atoms with Gasteiger partial charge in [-0.2, -0.15) is 0 Å². The van der Waals surface area contributed by atoms with E-state index in [4.69, 9.17) is 9.84 Å². The second kappa shape index (κ2) is 7.46. The van der Waals surface area contributed by atoms with E-state index in [1.165, 1.54) is 0 Å². The van der Waals surface area contributed by atoms with Crippen molar-refractivity contribution in [2.45, 2.75) is 32.1 Å². The Bertz CT molecular complexity index is 467. The monoisotopic (exact) mass is 291 g/mol. The fraction of sp³-hybridized carbons (Fsp3) is 0.588. The predicted molar refractivity (Wildman–Crippen MR) is 82.4 cm³/mol. The van der Waals surface area contributed by atoms with Gasteiger partial charge in [0.15, 0.2) is 0 Å². The second-order valence-electron chi connectivity index (χ2n) is 5.89. The van der Waals surface area contributed by atoms with Gasteiger partial charge in [0.1, 0.15) is 5.75 Å². The molecule has 1 aromatic rings. The van der Waals surface area contributed by atoms with Crippen molar-refractivity contribution in [1.82, 2.24) is 4.90 Å². The van der Waals surface area contributed by atoms with Crippen LogP contribution >= 0.6 is 0 Å². The SMILES string of the molecule is COc1cccc(C(C)CC(=O)N2CCC(CO)CC2)c1. The van der Waals surface area contributed by atoms with Crippen LogP contribution in [0.4, 0.5) is 0 Å². The first-order valence-electron chi connectivity index (χ1n) is 7.66. The van der Waals surface area contributed by atoms with Crippen LogP contribution in [0.25, 0.3) is 0 Å². The average Bonchev–Trinajstić information content (AvgIpc) is 2.54. The molecule has 4 heteroatoms. The second-order valence-corrected chi connectivity index (χ2v) is 5.89. The van der Waals surface area contributed by atoms with Crippen molar-refractivity contribution in [2.75, 3.05) is 26.8 Å². The van der Waals surface area contributed by atoms with Gasteiger partial charge in [0.2, 0.25) is 5.91 Å². The van der Waals surface area contributed by atoms with Crippen molar-refractivity contribution in [3.63, 3.8) is 0 Å². The Balaban J connectivity index is 1.90. The first kappa shape index (κ1) is 15.8. The third kappa shape index (κ3) is 4.21. The maximum Gasteiger partial charge on any atom is 0.223 e. The highest BCUT2D eigenvalue weighted by Crippen LogP contribution is 2.25. The van der Waals surface area contributed by atoms with Gasteiger partial charge in [0.25, 0.3) is 0 Å². The van der Waals surface area contributed by atoms with Crippen LogP contribution in [0.3, 0.4) is 0 Å². The molecule has 0 spiro atoms. The van der Waals surface area contributed by atoms with Crippen LogP contribution in [0, 0.1) is 5.92 Å². The van der Waals surface area contributed by atoms with Crippen LogP contribution in [0.1, 0.15) is 37.7 Å². The van der Waals surface area contributed by atoms with Crippen molar-refractivity contribution in [3.05, 3.63) is 29.8 Å². The molecule has 4 nitrogen and oxygen atoms in total. The Morgan fingerprint density at radius 3 is 2.76 bits per heavy atom. The Hall–Kier alpha value is -1.55. The molecule has 2 rings (SSSR count). The molecule has 1 saturated heterocycles. The standard InChI is InChI=1S/C17H25NO3/c1-13(15-4-3-5-16(11-15)21-2)10-17(20)18-8-6-14(12-19)7-9-18/h3-5,11,13-14,19H,6-10,12H2,1-2H3. The summed E-state index contributed by atoms with van der Waals surface area (Å²) in [6.07, 6.45) is 2.35. The number of carbonyl (C=O) groups is 1. The maximum atomic E-state index is 12.4. The number of ether oxygens (including phenoxy) is 1. The molecule has 1 aliphatic rings. The molecule has 1 fully saturated rings. The van der Waals surface area contributed by atoms with Gasteiger partial charge in [-0.1, -0.05) is 19.1 Å². The molecule has 1 heterocycles. The van der Waals surface area contributed by atoms with Crippen LogP contribution in [-0.2, 0) is 4.79 Å². The van der Waals surface area contributed by atoms with Crippen molar-refractivity contribution >= 4 is 5.91 Å². The number of aliphatic hydroxyl groups excluding tert-OH is 1. The summed E-state index contributed by atoms with van der Waals surface area (Å²) in [4.78, 5) is 14.3. The predicted octanol–water partition coefficient (Wildman–Crippen LogP) is 2.42. The zero-order chi connectivity index (χ0) is 15.2. The summed E-state index contributed by atoms with van der Waals surface area (Å²) in [6, 6.07) is 7.91. The number of amides is 1. The molecular formula is C17H25NO3. The molecule has 0 radical (unpaired) electrons. The highest BCUT2D eigenvalue weighted by Gasteiger charge is 2.23. The molecule has 1 amide bonds. The summed E-state index contributed by atoms with van der Waals surface area (Å²) in [7, 11) is 1.65. The number of carbonyl (C=O) groups excluding carboxylic acids is 1. The van der Waals surface area contributed by atoms with E-state index in [9.17, 15) is 4.79 Å². The van der Waals surface area contributed by atoms with Gasteiger partial charge >= 0.3 is 0 Å². The van der Waals surface area contributed by atoms with E-state index in [2.05, 4.69) is 6.92 Å². The van der Waals surface area contributed by atoms with E-state index in [0.717, 1.165) is 37.2 Å². The van der Waals surface area contributed by atoms with E-state index in [1.54, 1.807) is 7.11 Å². The van der Waals surface area contributed by atoms with Crippen molar-refractivity contribution in [1.29, 1.82) is 0 Å². The third-order valence-corrected chi connectivity index (χ3v) is 4.37. The first-order valence-corrected chi connectivity index (χ1v) is 7.66. The smallest absolute Gasteiger partial charge is 0.223 e. The summed E-state index contributed by atoms with van der Waals surface area (Å²) in [5, 5.41) is 9.14. The van der Waals surface area contributed by atoms with Crippen LogP contribution < -0.4 is 4.74 Å². The Kier molecular flexibility index (Phi) is 5.62. The molecule has 0 aliphatic carbocycles. The van der Waals surface area contributed by atoms with Gasteiger partial charge in [0, 0.05) is 26.1 Å². The van der Waals surface area contributed by atoms with Crippen LogP contribution in [0.2, 0.25) is 0 Å². The van der Waals surface area contributed by atoms with Gasteiger partial charge in [0.05, 0.1) is 7.11 Å². The molecule has 116 valence electrons. The van der Waals surface area contributed by atoms with E-state index in [0.29, 0.717) is 12.3 Å². The summed E-state index contributed by atoms with van der Waals surface area (Å²) in [6.45, 7) is 3.86. The Morgan fingerprint density at radius 2 is 2.14 bits per heavy atom. The fourth-order valence-electron chi connectivity index (χ4n) is 2.82. The molecule has 1 unspecified atom stereocenters. The van der Waals surface area contributed by atoms with Gasteiger partial charge in [-0.3, -0.25) is 4.79 Å². The number of piperidine rings is 1. The van der Waals surface area contributed by atoms with E-state index < -0.39 is 0 Å². The van der Waals surface area contributed by atoms with Gasteiger partial charge < -0.3 is 14.7 Å². The minimum atomic E-state index is 0.183. The van der Waals surface area contributed by atoms with Gasteiger partial charge in [-0.25, -0.2) is 0 Å². The number of hydrogen-bond donors (Lipinski definition) is 1. The number of aliphatic hydroxyl groups is 1. The van der Waals surface area contributed by atoms with E-state index >= 15 is 0 Å². The lowest BCUT2D eigenvalue weighted by Crippen LogP contribution is -2.39. The molecule has 1 N–H and O–H groups in total. The fourth-order valence-corrected chi connectivity index (χ4v) is 2.82. The third-order valence-electron chi connectivity index (χ3n) is 4.37. The first-order chi connectivity index (χ1) is 10.1. The zero-order valence-electron chi connectivity index (χ0n) is 12.9.